The standard InChI is InChI=1S/C26H38N2O2/c1-26(15-7-8-16-28(25(26)30)20-22-11-3-2-4-12-22)23-13-17-27(18-14-23)24(29)19-21-9-5-6-10-21/h2-4,11-12,21,23H,5-10,13-20H2,1H3. The molecule has 0 aromatic heterocycles. The molecule has 0 N–H and O–H groups in total. The second-order valence-corrected chi connectivity index (χ2v) is 10.1. The smallest absolute Gasteiger partial charge is 0.229 e. The van der Waals surface area contributed by atoms with E-state index in [0.717, 1.165) is 58.2 Å². The first-order valence-electron chi connectivity index (χ1n) is 12.2. The SMILES string of the molecule is CC1(C2CCN(C(=O)CC3CCCC3)CC2)CCCCN(Cc2ccccc2)C1=O. The van der Waals surface area contributed by atoms with Crippen LogP contribution in [0, 0.1) is 17.3 Å². The molecular weight excluding hydrogens is 372 g/mol. The molecule has 3 aliphatic rings. The fraction of sp³-hybridized carbons (Fsp3) is 0.692. The van der Waals surface area contributed by atoms with Crippen LogP contribution in [0.2, 0.25) is 0 Å². The Bertz CT molecular complexity index is 720. The van der Waals surface area contributed by atoms with Gasteiger partial charge in [0.25, 0.3) is 0 Å². The highest BCUT2D eigenvalue weighted by atomic mass is 16.2. The fourth-order valence-corrected chi connectivity index (χ4v) is 6.05. The molecule has 164 valence electrons. The highest BCUT2D eigenvalue weighted by Gasteiger charge is 2.45. The van der Waals surface area contributed by atoms with Crippen LogP contribution >= 0.6 is 0 Å². The number of carbonyl (C=O) groups is 2. The van der Waals surface area contributed by atoms with E-state index in [1.807, 2.05) is 6.07 Å². The van der Waals surface area contributed by atoms with Crippen molar-refractivity contribution in [2.45, 2.75) is 77.7 Å². The van der Waals surface area contributed by atoms with Gasteiger partial charge in [0, 0.05) is 38.0 Å². The Morgan fingerprint density at radius 2 is 1.67 bits per heavy atom. The molecule has 4 rings (SSSR count). The third kappa shape index (κ3) is 4.73. The third-order valence-corrected chi connectivity index (χ3v) is 8.05. The van der Waals surface area contributed by atoms with Gasteiger partial charge in [-0.05, 0) is 55.9 Å². The summed E-state index contributed by atoms with van der Waals surface area (Å²) in [6.07, 6.45) is 10.9. The molecule has 1 aliphatic carbocycles. The van der Waals surface area contributed by atoms with Crippen LogP contribution in [-0.2, 0) is 16.1 Å². The molecule has 1 saturated carbocycles. The Morgan fingerprint density at radius 1 is 0.967 bits per heavy atom. The molecule has 30 heavy (non-hydrogen) atoms. The van der Waals surface area contributed by atoms with Gasteiger partial charge < -0.3 is 9.80 Å². The van der Waals surface area contributed by atoms with Crippen LogP contribution in [-0.4, -0.2) is 41.2 Å². The van der Waals surface area contributed by atoms with E-state index in [9.17, 15) is 9.59 Å². The molecule has 4 nitrogen and oxygen atoms in total. The quantitative estimate of drug-likeness (QED) is 0.683. The lowest BCUT2D eigenvalue weighted by molar-refractivity contribution is -0.146. The molecule has 0 radical (unpaired) electrons. The molecule has 2 heterocycles. The number of benzene rings is 1. The molecule has 2 saturated heterocycles. The van der Waals surface area contributed by atoms with Crippen LogP contribution in [0.5, 0.6) is 0 Å². The average Bonchev–Trinajstić information content (AvgIpc) is 3.24. The van der Waals surface area contributed by atoms with Gasteiger partial charge in [-0.15, -0.1) is 0 Å². The van der Waals surface area contributed by atoms with Crippen LogP contribution in [0.1, 0.15) is 76.7 Å². The molecule has 3 fully saturated rings. The number of hydrogen-bond donors (Lipinski definition) is 0. The zero-order valence-electron chi connectivity index (χ0n) is 18.7. The van der Waals surface area contributed by atoms with E-state index in [-0.39, 0.29) is 5.41 Å². The van der Waals surface area contributed by atoms with Crippen molar-refractivity contribution in [3.8, 4) is 0 Å². The normalized spacial score (nSPS) is 26.8. The predicted octanol–water partition coefficient (Wildman–Crippen LogP) is 5.02. The van der Waals surface area contributed by atoms with Crippen LogP contribution in [0.4, 0.5) is 0 Å². The Hall–Kier alpha value is -1.84. The lowest BCUT2D eigenvalue weighted by atomic mass is 9.69. The number of hydrogen-bond acceptors (Lipinski definition) is 2. The van der Waals surface area contributed by atoms with E-state index in [4.69, 9.17) is 0 Å². The van der Waals surface area contributed by atoms with Gasteiger partial charge in [-0.1, -0.05) is 56.5 Å². The van der Waals surface area contributed by atoms with Crippen molar-refractivity contribution in [2.24, 2.45) is 17.3 Å². The average molecular weight is 411 g/mol. The van der Waals surface area contributed by atoms with Crippen molar-refractivity contribution in [1.29, 1.82) is 0 Å². The minimum atomic E-state index is -0.286. The predicted molar refractivity (Wildman–Crippen MR) is 120 cm³/mol. The van der Waals surface area contributed by atoms with Gasteiger partial charge in [-0.3, -0.25) is 9.59 Å². The molecular formula is C26H38N2O2. The first-order valence-corrected chi connectivity index (χ1v) is 12.2. The van der Waals surface area contributed by atoms with Gasteiger partial charge in [0.1, 0.15) is 0 Å². The van der Waals surface area contributed by atoms with Gasteiger partial charge in [0.15, 0.2) is 0 Å². The van der Waals surface area contributed by atoms with Crippen LogP contribution in [0.15, 0.2) is 30.3 Å². The number of piperidine rings is 1. The Kier molecular flexibility index (Phi) is 6.80. The zero-order chi connectivity index (χ0) is 21.0. The molecule has 1 aromatic rings. The van der Waals surface area contributed by atoms with E-state index in [2.05, 4.69) is 41.0 Å². The molecule has 1 aromatic carbocycles. The summed E-state index contributed by atoms with van der Waals surface area (Å²) in [6, 6.07) is 10.4. The molecule has 1 unspecified atom stereocenters. The Morgan fingerprint density at radius 3 is 2.37 bits per heavy atom. The minimum absolute atomic E-state index is 0.286. The molecule has 4 heteroatoms. The Labute approximate surface area is 182 Å². The number of nitrogens with zero attached hydrogens (tertiary/aromatic N) is 2. The van der Waals surface area contributed by atoms with Crippen molar-refractivity contribution in [2.75, 3.05) is 19.6 Å². The van der Waals surface area contributed by atoms with Crippen molar-refractivity contribution in [3.63, 3.8) is 0 Å². The number of amides is 2. The van der Waals surface area contributed by atoms with E-state index in [1.165, 1.54) is 31.2 Å². The maximum Gasteiger partial charge on any atom is 0.229 e. The highest BCUT2D eigenvalue weighted by molar-refractivity contribution is 5.83. The van der Waals surface area contributed by atoms with Gasteiger partial charge in [0.05, 0.1) is 0 Å². The van der Waals surface area contributed by atoms with Crippen LogP contribution in [0.25, 0.3) is 0 Å². The summed E-state index contributed by atoms with van der Waals surface area (Å²) in [4.78, 5) is 30.6. The summed E-state index contributed by atoms with van der Waals surface area (Å²) in [7, 11) is 0. The summed E-state index contributed by atoms with van der Waals surface area (Å²) >= 11 is 0. The minimum Gasteiger partial charge on any atom is -0.343 e. The van der Waals surface area contributed by atoms with Crippen molar-refractivity contribution < 1.29 is 9.59 Å². The molecule has 2 amide bonds. The van der Waals surface area contributed by atoms with E-state index >= 15 is 0 Å². The zero-order valence-corrected chi connectivity index (χ0v) is 18.7. The van der Waals surface area contributed by atoms with Gasteiger partial charge in [-0.25, -0.2) is 0 Å². The summed E-state index contributed by atoms with van der Waals surface area (Å²) in [5.41, 5.74) is 0.925. The van der Waals surface area contributed by atoms with Crippen molar-refractivity contribution in [3.05, 3.63) is 35.9 Å². The summed E-state index contributed by atoms with van der Waals surface area (Å²) < 4.78 is 0. The largest absolute Gasteiger partial charge is 0.343 e. The first kappa shape index (κ1) is 21.4. The second kappa shape index (κ2) is 9.53. The lowest BCUT2D eigenvalue weighted by Gasteiger charge is -2.43. The maximum absolute atomic E-state index is 13.7. The first-order chi connectivity index (χ1) is 14.6. The van der Waals surface area contributed by atoms with Crippen molar-refractivity contribution in [1.82, 2.24) is 9.80 Å². The van der Waals surface area contributed by atoms with Gasteiger partial charge in [0.2, 0.25) is 11.8 Å². The van der Waals surface area contributed by atoms with Gasteiger partial charge >= 0.3 is 0 Å². The second-order valence-electron chi connectivity index (χ2n) is 10.1. The maximum atomic E-state index is 13.7. The van der Waals surface area contributed by atoms with Crippen LogP contribution in [0.3, 0.4) is 0 Å². The van der Waals surface area contributed by atoms with Crippen molar-refractivity contribution >= 4 is 11.8 Å². The Balaban J connectivity index is 1.37. The lowest BCUT2D eigenvalue weighted by Crippen LogP contribution is -2.49. The van der Waals surface area contributed by atoms with E-state index in [0.29, 0.717) is 30.2 Å². The summed E-state index contributed by atoms with van der Waals surface area (Å²) in [5, 5.41) is 0. The molecule has 0 spiro atoms. The fourth-order valence-electron chi connectivity index (χ4n) is 6.05. The molecule has 0 bridgehead atoms. The summed E-state index contributed by atoms with van der Waals surface area (Å²) in [5.74, 6) is 1.68. The molecule has 1 atom stereocenters. The van der Waals surface area contributed by atoms with Crippen LogP contribution < -0.4 is 0 Å². The molecule has 2 aliphatic heterocycles. The number of rotatable bonds is 5. The van der Waals surface area contributed by atoms with E-state index in [1.54, 1.807) is 0 Å². The topological polar surface area (TPSA) is 40.6 Å². The van der Waals surface area contributed by atoms with E-state index < -0.39 is 0 Å². The third-order valence-electron chi connectivity index (χ3n) is 8.05. The highest BCUT2D eigenvalue weighted by Crippen LogP contribution is 2.43. The monoisotopic (exact) mass is 410 g/mol. The number of likely N-dealkylation sites (tertiary alicyclic amines) is 2. The number of carbonyl (C=O) groups excluding carboxylic acids is 2. The summed E-state index contributed by atoms with van der Waals surface area (Å²) in [6.45, 7) is 5.45. The van der Waals surface area contributed by atoms with Gasteiger partial charge in [-0.2, -0.15) is 0 Å².